The molecule has 1 amide bonds. The van der Waals surface area contributed by atoms with Gasteiger partial charge in [0.25, 0.3) is 0 Å². The molecule has 0 spiro atoms. The van der Waals surface area contributed by atoms with Crippen molar-refractivity contribution in [1.29, 1.82) is 0 Å². The molecule has 4 nitrogen and oxygen atoms in total. The summed E-state index contributed by atoms with van der Waals surface area (Å²) in [5.41, 5.74) is 1.31. The number of carbonyl (C=O) groups is 1. The van der Waals surface area contributed by atoms with Crippen LogP contribution in [0.1, 0.15) is 12.5 Å². The fourth-order valence-corrected chi connectivity index (χ4v) is 2.43. The monoisotopic (exact) mass is 368 g/mol. The van der Waals surface area contributed by atoms with Gasteiger partial charge in [-0.3, -0.25) is 9.69 Å². The number of amides is 1. The zero-order valence-electron chi connectivity index (χ0n) is 13.9. The van der Waals surface area contributed by atoms with Gasteiger partial charge in [0, 0.05) is 6.54 Å². The number of ether oxygens (including phenoxy) is 1. The molecule has 25 heavy (non-hydrogen) atoms. The first-order valence-electron chi connectivity index (χ1n) is 7.66. The minimum atomic E-state index is -2.87. The zero-order valence-corrected chi connectivity index (χ0v) is 14.6. The van der Waals surface area contributed by atoms with E-state index in [1.54, 1.807) is 55.3 Å². The van der Waals surface area contributed by atoms with Crippen LogP contribution in [-0.2, 0) is 11.3 Å². The summed E-state index contributed by atoms with van der Waals surface area (Å²) in [5.74, 6) is -0.121. The van der Waals surface area contributed by atoms with Crippen molar-refractivity contribution >= 4 is 23.2 Å². The van der Waals surface area contributed by atoms with Gasteiger partial charge in [-0.2, -0.15) is 8.78 Å². The number of hydrogen-bond donors (Lipinski definition) is 1. The van der Waals surface area contributed by atoms with E-state index < -0.39 is 12.7 Å². The van der Waals surface area contributed by atoms with Gasteiger partial charge >= 0.3 is 6.61 Å². The van der Waals surface area contributed by atoms with Gasteiger partial charge in [-0.25, -0.2) is 0 Å². The molecule has 0 aromatic heterocycles. The molecule has 0 bridgehead atoms. The Morgan fingerprint density at radius 1 is 1.24 bits per heavy atom. The number of anilines is 1. The van der Waals surface area contributed by atoms with E-state index in [0.717, 1.165) is 5.56 Å². The van der Waals surface area contributed by atoms with Crippen molar-refractivity contribution in [3.05, 3.63) is 59.1 Å². The molecule has 7 heteroatoms. The molecule has 0 aliphatic heterocycles. The van der Waals surface area contributed by atoms with E-state index in [0.29, 0.717) is 17.3 Å². The van der Waals surface area contributed by atoms with Gasteiger partial charge in [-0.05, 0) is 43.8 Å². The highest BCUT2D eigenvalue weighted by atomic mass is 35.5. The summed E-state index contributed by atoms with van der Waals surface area (Å²) in [7, 11) is 1.78. The van der Waals surface area contributed by atoms with E-state index >= 15 is 0 Å². The summed E-state index contributed by atoms with van der Waals surface area (Å²) < 4.78 is 29.0. The van der Waals surface area contributed by atoms with E-state index in [-0.39, 0.29) is 11.7 Å². The number of nitrogens with one attached hydrogen (secondary N) is 1. The van der Waals surface area contributed by atoms with Crippen molar-refractivity contribution in [2.45, 2.75) is 26.1 Å². The number of nitrogens with zero attached hydrogens (tertiary/aromatic N) is 1. The second kappa shape index (κ2) is 8.78. The molecule has 0 fully saturated rings. The molecule has 0 aliphatic carbocycles. The molecular formula is C18H19ClF2N2O2. The van der Waals surface area contributed by atoms with E-state index in [1.165, 1.54) is 12.1 Å². The molecule has 134 valence electrons. The maximum atomic E-state index is 12.4. The van der Waals surface area contributed by atoms with Gasteiger partial charge in [-0.1, -0.05) is 35.9 Å². The molecule has 2 aromatic carbocycles. The lowest BCUT2D eigenvalue weighted by Gasteiger charge is -2.24. The van der Waals surface area contributed by atoms with Crippen LogP contribution in [0.5, 0.6) is 5.75 Å². The molecule has 0 radical (unpaired) electrons. The molecule has 2 aromatic rings. The molecule has 0 aliphatic rings. The van der Waals surface area contributed by atoms with Crippen LogP contribution in [-0.4, -0.2) is 30.5 Å². The highest BCUT2D eigenvalue weighted by molar-refractivity contribution is 6.33. The largest absolute Gasteiger partial charge is 0.435 e. The first-order chi connectivity index (χ1) is 11.9. The van der Waals surface area contributed by atoms with Crippen LogP contribution in [0.15, 0.2) is 48.5 Å². The zero-order chi connectivity index (χ0) is 18.4. The number of carbonyl (C=O) groups excluding carboxylic acids is 1. The predicted octanol–water partition coefficient (Wildman–Crippen LogP) is 4.40. The Labute approximate surface area is 150 Å². The van der Waals surface area contributed by atoms with E-state index in [1.807, 2.05) is 0 Å². The summed E-state index contributed by atoms with van der Waals surface area (Å²) in [6.45, 7) is -0.711. The molecule has 0 saturated heterocycles. The van der Waals surface area contributed by atoms with Crippen molar-refractivity contribution in [3.8, 4) is 5.75 Å². The number of benzene rings is 2. The van der Waals surface area contributed by atoms with E-state index in [9.17, 15) is 13.6 Å². The van der Waals surface area contributed by atoms with Gasteiger partial charge in [-0.15, -0.1) is 0 Å². The summed E-state index contributed by atoms with van der Waals surface area (Å²) in [6, 6.07) is 12.9. The Kier molecular flexibility index (Phi) is 6.73. The van der Waals surface area contributed by atoms with Gasteiger partial charge < -0.3 is 10.1 Å². The third-order valence-corrected chi connectivity index (χ3v) is 4.06. The van der Waals surface area contributed by atoms with Crippen molar-refractivity contribution < 1.29 is 18.3 Å². The Balaban J connectivity index is 1.98. The number of hydrogen-bond acceptors (Lipinski definition) is 3. The van der Waals surface area contributed by atoms with Crippen LogP contribution in [0.3, 0.4) is 0 Å². The van der Waals surface area contributed by atoms with Crippen LogP contribution in [0.4, 0.5) is 14.5 Å². The third kappa shape index (κ3) is 5.69. The van der Waals surface area contributed by atoms with Crippen LogP contribution in [0.25, 0.3) is 0 Å². The lowest BCUT2D eigenvalue weighted by Crippen LogP contribution is -2.39. The van der Waals surface area contributed by atoms with Gasteiger partial charge in [0.15, 0.2) is 0 Å². The molecule has 0 saturated carbocycles. The maximum Gasteiger partial charge on any atom is 0.387 e. The second-order valence-electron chi connectivity index (χ2n) is 5.59. The van der Waals surface area contributed by atoms with Crippen LogP contribution in [0, 0.1) is 0 Å². The molecular weight excluding hydrogens is 350 g/mol. The second-order valence-corrected chi connectivity index (χ2v) is 5.99. The molecule has 1 N–H and O–H groups in total. The summed E-state index contributed by atoms with van der Waals surface area (Å²) in [4.78, 5) is 14.2. The Morgan fingerprint density at radius 2 is 1.96 bits per heavy atom. The van der Waals surface area contributed by atoms with Gasteiger partial charge in [0.05, 0.1) is 16.8 Å². The smallest absolute Gasteiger partial charge is 0.387 e. The highest BCUT2D eigenvalue weighted by Crippen LogP contribution is 2.21. The molecule has 0 heterocycles. The first-order valence-corrected chi connectivity index (χ1v) is 8.04. The highest BCUT2D eigenvalue weighted by Gasteiger charge is 2.19. The van der Waals surface area contributed by atoms with Gasteiger partial charge in [0.1, 0.15) is 5.75 Å². The van der Waals surface area contributed by atoms with Gasteiger partial charge in [0.2, 0.25) is 5.91 Å². The predicted molar refractivity (Wildman–Crippen MR) is 94.1 cm³/mol. The third-order valence-electron chi connectivity index (χ3n) is 3.73. The minimum absolute atomic E-state index is 0.0917. The average molecular weight is 369 g/mol. The van der Waals surface area contributed by atoms with Crippen molar-refractivity contribution in [2.75, 3.05) is 12.4 Å². The number of rotatable bonds is 7. The van der Waals surface area contributed by atoms with Crippen molar-refractivity contribution in [3.63, 3.8) is 0 Å². The van der Waals surface area contributed by atoms with Crippen LogP contribution >= 0.6 is 11.6 Å². The standard InChI is InChI=1S/C18H19ClF2N2O2/c1-12(17(24)22-16-9-4-3-8-15(16)19)23(2)11-13-6-5-7-14(10-13)25-18(20)21/h3-10,12,18H,11H2,1-2H3,(H,22,24). The van der Waals surface area contributed by atoms with Crippen LogP contribution in [0.2, 0.25) is 5.02 Å². The average Bonchev–Trinajstić information content (AvgIpc) is 2.55. The van der Waals surface area contributed by atoms with Crippen LogP contribution < -0.4 is 10.1 Å². The fraction of sp³-hybridized carbons (Fsp3) is 0.278. The van der Waals surface area contributed by atoms with E-state index in [2.05, 4.69) is 10.1 Å². The molecule has 2 rings (SSSR count). The summed E-state index contributed by atoms with van der Waals surface area (Å²) >= 11 is 6.04. The van der Waals surface area contributed by atoms with E-state index in [4.69, 9.17) is 11.6 Å². The van der Waals surface area contributed by atoms with Crippen molar-refractivity contribution in [2.24, 2.45) is 0 Å². The summed E-state index contributed by atoms with van der Waals surface area (Å²) in [5, 5.41) is 3.24. The minimum Gasteiger partial charge on any atom is -0.435 e. The number of likely N-dealkylation sites (N-methyl/N-ethyl adjacent to an activating group) is 1. The normalized spacial score (nSPS) is 12.3. The lowest BCUT2D eigenvalue weighted by atomic mass is 10.1. The quantitative estimate of drug-likeness (QED) is 0.787. The topological polar surface area (TPSA) is 41.6 Å². The maximum absolute atomic E-state index is 12.4. The summed E-state index contributed by atoms with van der Waals surface area (Å²) in [6.07, 6.45) is 0. The SMILES string of the molecule is CC(C(=O)Nc1ccccc1Cl)N(C)Cc1cccc(OC(F)F)c1. The lowest BCUT2D eigenvalue weighted by molar-refractivity contribution is -0.120. The number of halogens is 3. The first kappa shape index (κ1) is 19.1. The number of para-hydroxylation sites is 1. The Hall–Kier alpha value is -2.18. The number of alkyl halides is 2. The Bertz CT molecular complexity index is 728. The Morgan fingerprint density at radius 3 is 2.64 bits per heavy atom. The van der Waals surface area contributed by atoms with Crippen molar-refractivity contribution in [1.82, 2.24) is 4.90 Å². The molecule has 1 unspecified atom stereocenters. The fourth-order valence-electron chi connectivity index (χ4n) is 2.24. The molecule has 1 atom stereocenters.